The number of halogens is 2. The van der Waals surface area contributed by atoms with Crippen molar-refractivity contribution in [2.24, 2.45) is 0 Å². The van der Waals surface area contributed by atoms with Gasteiger partial charge in [-0.1, -0.05) is 11.6 Å². The summed E-state index contributed by atoms with van der Waals surface area (Å²) in [7, 11) is -2.29. The Balaban J connectivity index is 1.54. The molecule has 170 valence electrons. The molecule has 14 heteroatoms. The molecule has 33 heavy (non-hydrogen) atoms. The molecule has 0 spiro atoms. The van der Waals surface area contributed by atoms with E-state index in [0.29, 0.717) is 15.4 Å². The largest absolute Gasteiger partial charge is 0.387 e. The molecule has 0 fully saturated rings. The summed E-state index contributed by atoms with van der Waals surface area (Å²) in [6.45, 7) is 0. The van der Waals surface area contributed by atoms with Gasteiger partial charge in [0.1, 0.15) is 16.4 Å². The number of anilines is 2. The number of benzene rings is 1. The fraction of sp³-hybridized carbons (Fsp3) is 0.0526. The molecule has 4 rings (SSSR count). The van der Waals surface area contributed by atoms with Crippen LogP contribution >= 0.6 is 38.9 Å². The molecule has 3 heterocycles. The number of urea groups is 1. The van der Waals surface area contributed by atoms with E-state index in [-0.39, 0.29) is 25.6 Å². The first-order chi connectivity index (χ1) is 15.7. The molecule has 2 amide bonds. The average molecular weight is 570 g/mol. The van der Waals surface area contributed by atoms with Crippen LogP contribution in [0.1, 0.15) is 0 Å². The summed E-state index contributed by atoms with van der Waals surface area (Å²) in [5.74, 6) is 0.273. The Kier molecular flexibility index (Phi) is 6.38. The van der Waals surface area contributed by atoms with Gasteiger partial charge in [-0.3, -0.25) is 9.36 Å². The van der Waals surface area contributed by atoms with Crippen LogP contribution in [0, 0.1) is 0 Å². The fourth-order valence-electron chi connectivity index (χ4n) is 2.87. The van der Waals surface area contributed by atoms with Gasteiger partial charge < -0.3 is 10.6 Å². The number of nitrogens with one attached hydrogen (secondary N) is 3. The van der Waals surface area contributed by atoms with E-state index in [9.17, 15) is 18.0 Å². The number of hydrogen-bond donors (Lipinski definition) is 3. The first-order valence-corrected chi connectivity index (χ1v) is 12.6. The van der Waals surface area contributed by atoms with Crippen molar-refractivity contribution in [2.45, 2.75) is 4.21 Å². The van der Waals surface area contributed by atoms with E-state index in [1.807, 2.05) is 4.72 Å². The van der Waals surface area contributed by atoms with Gasteiger partial charge in [0.25, 0.3) is 15.6 Å². The summed E-state index contributed by atoms with van der Waals surface area (Å²) >= 11 is 9.98. The van der Waals surface area contributed by atoms with E-state index >= 15 is 0 Å². The van der Waals surface area contributed by atoms with Crippen molar-refractivity contribution in [3.63, 3.8) is 0 Å². The maximum absolute atomic E-state index is 12.9. The Morgan fingerprint density at radius 2 is 1.97 bits per heavy atom. The number of fused-ring (bicyclic) bond motifs is 1. The van der Waals surface area contributed by atoms with Crippen molar-refractivity contribution in [1.82, 2.24) is 19.3 Å². The minimum absolute atomic E-state index is 0.0900. The number of thiophene rings is 1. The van der Waals surface area contributed by atoms with E-state index in [4.69, 9.17) is 11.6 Å². The second-order valence-corrected chi connectivity index (χ2v) is 11.0. The van der Waals surface area contributed by atoms with E-state index in [2.05, 4.69) is 36.5 Å². The predicted octanol–water partition coefficient (Wildman–Crippen LogP) is 3.81. The number of nitrogens with zero attached hydrogens (tertiary/aromatic N) is 3. The van der Waals surface area contributed by atoms with Crippen LogP contribution in [0.5, 0.6) is 0 Å². The van der Waals surface area contributed by atoms with Crippen molar-refractivity contribution in [1.29, 1.82) is 0 Å². The summed E-state index contributed by atoms with van der Waals surface area (Å²) in [5.41, 5.74) is 1.21. The molecule has 3 N–H and O–H groups in total. The molecular formula is C19H14BrClN6O4S2. The number of carbonyl (C=O) groups excluding carboxylic acids is 1. The first-order valence-electron chi connectivity index (χ1n) is 9.12. The summed E-state index contributed by atoms with van der Waals surface area (Å²) in [6.07, 6.45) is 2.65. The Labute approximate surface area is 204 Å². The lowest BCUT2D eigenvalue weighted by molar-refractivity contribution is 0.256. The normalized spacial score (nSPS) is 11.4. The first kappa shape index (κ1) is 23.2. The Morgan fingerprint density at radius 3 is 2.61 bits per heavy atom. The second-order valence-electron chi connectivity index (χ2n) is 6.54. The smallest absolute Gasteiger partial charge is 0.333 e. The van der Waals surface area contributed by atoms with Crippen LogP contribution in [-0.4, -0.2) is 36.0 Å². The zero-order chi connectivity index (χ0) is 23.8. The molecule has 1 aromatic carbocycles. The zero-order valence-electron chi connectivity index (χ0n) is 16.7. The van der Waals surface area contributed by atoms with Gasteiger partial charge in [-0.25, -0.2) is 27.9 Å². The molecule has 0 saturated heterocycles. The number of aromatic nitrogens is 3. The van der Waals surface area contributed by atoms with Gasteiger partial charge in [0.05, 0.1) is 32.8 Å². The van der Waals surface area contributed by atoms with Crippen LogP contribution in [-0.2, 0) is 10.0 Å². The Bertz CT molecular complexity index is 1540. The van der Waals surface area contributed by atoms with Gasteiger partial charge in [0, 0.05) is 11.5 Å². The lowest BCUT2D eigenvalue weighted by atomic mass is 10.2. The molecule has 0 bridgehead atoms. The van der Waals surface area contributed by atoms with Crippen molar-refractivity contribution in [3.8, 4) is 5.82 Å². The molecule has 3 aromatic heterocycles. The highest BCUT2D eigenvalue weighted by atomic mass is 79.9. The summed E-state index contributed by atoms with van der Waals surface area (Å²) < 4.78 is 28.5. The molecule has 0 atom stereocenters. The summed E-state index contributed by atoms with van der Waals surface area (Å²) in [6, 6.07) is 8.15. The Morgan fingerprint density at radius 1 is 1.18 bits per heavy atom. The highest BCUT2D eigenvalue weighted by molar-refractivity contribution is 9.10. The second kappa shape index (κ2) is 9.09. The number of hydrogen-bond acceptors (Lipinski definition) is 8. The van der Waals surface area contributed by atoms with E-state index in [1.165, 1.54) is 41.4 Å². The quantitative estimate of drug-likeness (QED) is 0.333. The van der Waals surface area contributed by atoms with Crippen LogP contribution in [0.3, 0.4) is 0 Å². The van der Waals surface area contributed by atoms with Crippen molar-refractivity contribution in [3.05, 3.63) is 68.1 Å². The molecule has 0 saturated carbocycles. The number of amides is 2. The monoisotopic (exact) mass is 568 g/mol. The number of rotatable bonds is 5. The van der Waals surface area contributed by atoms with Gasteiger partial charge >= 0.3 is 6.03 Å². The van der Waals surface area contributed by atoms with E-state index < -0.39 is 16.1 Å². The molecule has 0 aliphatic heterocycles. The molecule has 4 aromatic rings. The van der Waals surface area contributed by atoms with Crippen LogP contribution < -0.4 is 20.9 Å². The van der Waals surface area contributed by atoms with Gasteiger partial charge in [-0.15, -0.1) is 11.3 Å². The Hall–Kier alpha value is -3.00. The number of carbonyl (C=O) groups is 1. The summed E-state index contributed by atoms with van der Waals surface area (Å²) in [5, 5.41) is 5.78. The minimum Gasteiger partial charge on any atom is -0.387 e. The van der Waals surface area contributed by atoms with E-state index in [1.54, 1.807) is 19.2 Å². The lowest BCUT2D eigenvalue weighted by Crippen LogP contribution is -2.34. The van der Waals surface area contributed by atoms with Crippen LogP contribution in [0.25, 0.3) is 16.7 Å². The molecule has 0 aliphatic carbocycles. The molecule has 0 unspecified atom stereocenters. The minimum atomic E-state index is -4.06. The van der Waals surface area contributed by atoms with Crippen LogP contribution in [0.2, 0.25) is 4.34 Å². The van der Waals surface area contributed by atoms with Crippen molar-refractivity contribution < 1.29 is 13.2 Å². The molecule has 10 nitrogen and oxygen atoms in total. The van der Waals surface area contributed by atoms with Gasteiger partial charge in [0.15, 0.2) is 0 Å². The highest BCUT2D eigenvalue weighted by Gasteiger charge is 2.20. The number of sulfonamides is 1. The fourth-order valence-corrected chi connectivity index (χ4v) is 5.80. The van der Waals surface area contributed by atoms with Crippen LogP contribution in [0.4, 0.5) is 16.2 Å². The lowest BCUT2D eigenvalue weighted by Gasteiger charge is -2.10. The van der Waals surface area contributed by atoms with Gasteiger partial charge in [0.2, 0.25) is 0 Å². The average Bonchev–Trinajstić information content (AvgIpc) is 3.22. The zero-order valence-corrected chi connectivity index (χ0v) is 20.6. The third-order valence-electron chi connectivity index (χ3n) is 4.41. The topological polar surface area (TPSA) is 135 Å². The summed E-state index contributed by atoms with van der Waals surface area (Å²) in [4.78, 5) is 33.5. The van der Waals surface area contributed by atoms with Gasteiger partial charge in [-0.2, -0.15) is 0 Å². The maximum Gasteiger partial charge on any atom is 0.333 e. The third-order valence-corrected chi connectivity index (χ3v) is 8.12. The van der Waals surface area contributed by atoms with E-state index in [0.717, 1.165) is 17.0 Å². The van der Waals surface area contributed by atoms with Crippen LogP contribution in [0.15, 0.2) is 62.4 Å². The van der Waals surface area contributed by atoms with Crippen molar-refractivity contribution in [2.75, 3.05) is 17.7 Å². The highest BCUT2D eigenvalue weighted by Crippen LogP contribution is 2.26. The molecule has 0 radical (unpaired) electrons. The molecular weight excluding hydrogens is 556 g/mol. The predicted molar refractivity (Wildman–Crippen MR) is 131 cm³/mol. The standard InChI is InChI=1S/C19H14BrClN6O4S2/c1-22-14-7-13-11(6-12(14)20)18(28)27(9-24-13)16-4-2-10(8-23-16)25-19(29)26-33(30,31)17-5-3-15(21)32-17/h2-9,22H,1H3,(H2,25,26,29). The SMILES string of the molecule is CNc1cc2ncn(-c3ccc(NC(=O)NS(=O)(=O)c4ccc(Cl)s4)cn3)c(=O)c2cc1Br. The van der Waals surface area contributed by atoms with Crippen molar-refractivity contribution >= 4 is 77.2 Å². The molecule has 0 aliphatic rings. The maximum atomic E-state index is 12.9. The number of pyridine rings is 1. The third kappa shape index (κ3) is 4.85. The van der Waals surface area contributed by atoms with Gasteiger partial charge in [-0.05, 0) is 52.3 Å².